The van der Waals surface area contributed by atoms with Crippen LogP contribution in [0, 0.1) is 17.1 Å². The monoisotopic (exact) mass is 404 g/mol. The topological polar surface area (TPSA) is 101 Å². The molecule has 1 aromatic heterocycles. The van der Waals surface area contributed by atoms with Crippen LogP contribution in [0.4, 0.5) is 4.39 Å². The summed E-state index contributed by atoms with van der Waals surface area (Å²) in [6, 6.07) is 8.31. The fraction of sp³-hybridized carbons (Fsp3) is 0.474. The molecule has 1 aliphatic rings. The van der Waals surface area contributed by atoms with Crippen molar-refractivity contribution in [2.75, 3.05) is 5.75 Å². The standard InChI is InChI=1S/C19H21FN4O3S/c1-13(26-15-8-4-3-7-14(15)20)17-23-24-18(27-17)28-11-16(25)22-19(12-21)9-5-2-6-10-19/h3-4,7-8,13H,2,5-6,9-11H2,1H3,(H,22,25)/t13-/m0/s1. The highest BCUT2D eigenvalue weighted by molar-refractivity contribution is 7.99. The zero-order valence-electron chi connectivity index (χ0n) is 15.5. The number of thioether (sulfide) groups is 1. The Morgan fingerprint density at radius 2 is 2.14 bits per heavy atom. The van der Waals surface area contributed by atoms with Crippen LogP contribution in [-0.4, -0.2) is 27.4 Å². The van der Waals surface area contributed by atoms with E-state index in [1.54, 1.807) is 19.1 Å². The van der Waals surface area contributed by atoms with E-state index in [0.29, 0.717) is 12.8 Å². The molecule has 0 unspecified atom stereocenters. The summed E-state index contributed by atoms with van der Waals surface area (Å²) in [5.74, 6) is -0.380. The highest BCUT2D eigenvalue weighted by Gasteiger charge is 2.33. The van der Waals surface area contributed by atoms with Crippen LogP contribution in [0.1, 0.15) is 51.0 Å². The Kier molecular flexibility index (Phi) is 6.52. The molecule has 2 aromatic rings. The number of nitrogens with zero attached hydrogens (tertiary/aromatic N) is 3. The molecule has 1 heterocycles. The third-order valence-electron chi connectivity index (χ3n) is 4.54. The number of rotatable bonds is 7. The van der Waals surface area contributed by atoms with Crippen LogP contribution in [0.25, 0.3) is 0 Å². The number of para-hydroxylation sites is 1. The van der Waals surface area contributed by atoms with Crippen molar-refractivity contribution in [3.05, 3.63) is 36.0 Å². The van der Waals surface area contributed by atoms with E-state index in [2.05, 4.69) is 21.6 Å². The molecule has 0 aliphatic heterocycles. The van der Waals surface area contributed by atoms with Gasteiger partial charge in [-0.1, -0.05) is 43.2 Å². The summed E-state index contributed by atoms with van der Waals surface area (Å²) < 4.78 is 24.7. The van der Waals surface area contributed by atoms with Crippen molar-refractivity contribution in [1.82, 2.24) is 15.5 Å². The lowest BCUT2D eigenvalue weighted by Crippen LogP contribution is -2.49. The van der Waals surface area contributed by atoms with Crippen molar-refractivity contribution in [3.8, 4) is 11.8 Å². The lowest BCUT2D eigenvalue weighted by atomic mass is 9.83. The Morgan fingerprint density at radius 3 is 2.86 bits per heavy atom. The molecule has 1 N–H and O–H groups in total. The summed E-state index contributed by atoms with van der Waals surface area (Å²) in [7, 11) is 0. The molecule has 0 radical (unpaired) electrons. The van der Waals surface area contributed by atoms with Crippen molar-refractivity contribution in [1.29, 1.82) is 5.26 Å². The maximum Gasteiger partial charge on any atom is 0.277 e. The minimum Gasteiger partial charge on any atom is -0.478 e. The molecular formula is C19H21FN4O3S. The highest BCUT2D eigenvalue weighted by atomic mass is 32.2. The molecule has 9 heteroatoms. The van der Waals surface area contributed by atoms with Crippen LogP contribution in [0.3, 0.4) is 0 Å². The van der Waals surface area contributed by atoms with Crippen LogP contribution in [-0.2, 0) is 4.79 Å². The zero-order valence-corrected chi connectivity index (χ0v) is 16.3. The lowest BCUT2D eigenvalue weighted by Gasteiger charge is -2.31. The Hall–Kier alpha value is -2.60. The summed E-state index contributed by atoms with van der Waals surface area (Å²) in [6.45, 7) is 1.67. The Morgan fingerprint density at radius 1 is 1.39 bits per heavy atom. The van der Waals surface area contributed by atoms with Crippen LogP contribution in [0.15, 0.2) is 33.9 Å². The number of hydrogen-bond acceptors (Lipinski definition) is 7. The maximum atomic E-state index is 13.7. The van der Waals surface area contributed by atoms with Gasteiger partial charge in [0.25, 0.3) is 11.1 Å². The number of halogens is 1. The molecule has 0 bridgehead atoms. The average Bonchev–Trinajstić information content (AvgIpc) is 3.18. The second-order valence-corrected chi connectivity index (χ2v) is 7.61. The first-order chi connectivity index (χ1) is 13.5. The average molecular weight is 404 g/mol. The van der Waals surface area contributed by atoms with E-state index in [4.69, 9.17) is 9.15 Å². The largest absolute Gasteiger partial charge is 0.478 e. The molecule has 3 rings (SSSR count). The fourth-order valence-corrected chi connectivity index (χ4v) is 3.64. The first-order valence-electron chi connectivity index (χ1n) is 9.11. The molecule has 7 nitrogen and oxygen atoms in total. The van der Waals surface area contributed by atoms with Gasteiger partial charge in [0, 0.05) is 0 Å². The van der Waals surface area contributed by atoms with Crippen molar-refractivity contribution >= 4 is 17.7 Å². The van der Waals surface area contributed by atoms with E-state index in [1.165, 1.54) is 12.1 Å². The van der Waals surface area contributed by atoms with Crippen molar-refractivity contribution in [3.63, 3.8) is 0 Å². The highest BCUT2D eigenvalue weighted by Crippen LogP contribution is 2.28. The van der Waals surface area contributed by atoms with Crippen LogP contribution < -0.4 is 10.1 Å². The van der Waals surface area contributed by atoms with E-state index in [-0.39, 0.29) is 28.5 Å². The van der Waals surface area contributed by atoms with Crippen molar-refractivity contribution < 1.29 is 18.3 Å². The minimum absolute atomic E-state index is 0.0631. The smallest absolute Gasteiger partial charge is 0.277 e. The number of hydrogen-bond donors (Lipinski definition) is 1. The molecule has 1 aliphatic carbocycles. The lowest BCUT2D eigenvalue weighted by molar-refractivity contribution is -0.120. The van der Waals surface area contributed by atoms with Gasteiger partial charge in [0.05, 0.1) is 11.8 Å². The number of ether oxygens (including phenoxy) is 1. The molecule has 0 saturated heterocycles. The van der Waals surface area contributed by atoms with Gasteiger partial charge in [-0.3, -0.25) is 4.79 Å². The Labute approximate surface area is 166 Å². The van der Waals surface area contributed by atoms with Gasteiger partial charge in [-0.25, -0.2) is 4.39 Å². The third-order valence-corrected chi connectivity index (χ3v) is 5.36. The third kappa shape index (κ3) is 5.01. The summed E-state index contributed by atoms with van der Waals surface area (Å²) in [5, 5.41) is 20.3. The summed E-state index contributed by atoms with van der Waals surface area (Å²) in [6.07, 6.45) is 3.68. The van der Waals surface area contributed by atoms with E-state index in [9.17, 15) is 14.4 Å². The Bertz CT molecular complexity index is 861. The Balaban J connectivity index is 1.52. The van der Waals surface area contributed by atoms with Crippen LogP contribution in [0.2, 0.25) is 0 Å². The summed E-state index contributed by atoms with van der Waals surface area (Å²) >= 11 is 1.08. The number of amides is 1. The van der Waals surface area contributed by atoms with Gasteiger partial charge in [0.2, 0.25) is 5.91 Å². The SMILES string of the molecule is C[C@H](Oc1ccccc1F)c1nnc(SCC(=O)NC2(C#N)CCCCC2)o1. The molecule has 0 spiro atoms. The zero-order chi connectivity index (χ0) is 20.0. The van der Waals surface area contributed by atoms with Gasteiger partial charge < -0.3 is 14.5 Å². The molecule has 1 saturated carbocycles. The minimum atomic E-state index is -0.766. The van der Waals surface area contributed by atoms with E-state index >= 15 is 0 Å². The number of nitrogens with one attached hydrogen (secondary N) is 1. The first kappa shape index (κ1) is 20.1. The second-order valence-electron chi connectivity index (χ2n) is 6.69. The van der Waals surface area contributed by atoms with Gasteiger partial charge >= 0.3 is 0 Å². The van der Waals surface area contributed by atoms with E-state index in [0.717, 1.165) is 31.0 Å². The molecular weight excluding hydrogens is 383 g/mol. The van der Waals surface area contributed by atoms with Crippen molar-refractivity contribution in [2.45, 2.75) is 55.9 Å². The van der Waals surface area contributed by atoms with Crippen LogP contribution >= 0.6 is 11.8 Å². The van der Waals surface area contributed by atoms with E-state index in [1.807, 2.05) is 0 Å². The number of carbonyl (C=O) groups excluding carboxylic acids is 1. The number of benzene rings is 1. The molecule has 148 valence electrons. The van der Waals surface area contributed by atoms with Gasteiger partial charge in [-0.15, -0.1) is 10.2 Å². The number of carbonyl (C=O) groups is 1. The van der Waals surface area contributed by atoms with Gasteiger partial charge in [-0.05, 0) is 31.9 Å². The quantitative estimate of drug-likeness (QED) is 0.701. The summed E-state index contributed by atoms with van der Waals surface area (Å²) in [5.41, 5.74) is -0.766. The van der Waals surface area contributed by atoms with E-state index < -0.39 is 17.5 Å². The second kappa shape index (κ2) is 9.06. The number of aromatic nitrogens is 2. The molecule has 1 atom stereocenters. The number of nitriles is 1. The van der Waals surface area contributed by atoms with Gasteiger partial charge in [0.15, 0.2) is 17.7 Å². The van der Waals surface area contributed by atoms with Gasteiger partial charge in [-0.2, -0.15) is 5.26 Å². The maximum absolute atomic E-state index is 13.7. The molecule has 1 fully saturated rings. The fourth-order valence-electron chi connectivity index (χ4n) is 3.07. The predicted octanol–water partition coefficient (Wildman–Crippen LogP) is 3.78. The molecule has 1 aromatic carbocycles. The predicted molar refractivity (Wildman–Crippen MR) is 100 cm³/mol. The normalized spacial score (nSPS) is 16.8. The molecule has 1 amide bonds. The van der Waals surface area contributed by atoms with Gasteiger partial charge in [0.1, 0.15) is 5.54 Å². The first-order valence-corrected chi connectivity index (χ1v) is 10.1. The van der Waals surface area contributed by atoms with Crippen molar-refractivity contribution in [2.24, 2.45) is 0 Å². The molecule has 28 heavy (non-hydrogen) atoms. The van der Waals surface area contributed by atoms with Crippen LogP contribution in [0.5, 0.6) is 5.75 Å². The summed E-state index contributed by atoms with van der Waals surface area (Å²) in [4.78, 5) is 12.2.